The Balaban J connectivity index is 1.68. The second-order valence-electron chi connectivity index (χ2n) is 5.81. The molecule has 1 aromatic heterocycles. The molecule has 3 rings (SSSR count). The highest BCUT2D eigenvalue weighted by molar-refractivity contribution is 5.35. The Morgan fingerprint density at radius 1 is 1.40 bits per heavy atom. The molecule has 0 amide bonds. The lowest BCUT2D eigenvalue weighted by Gasteiger charge is -2.19. The smallest absolute Gasteiger partial charge is 0.143 e. The van der Waals surface area contributed by atoms with Crippen molar-refractivity contribution in [2.75, 3.05) is 6.54 Å². The van der Waals surface area contributed by atoms with Gasteiger partial charge in [-0.2, -0.15) is 0 Å². The topological polar surface area (TPSA) is 55.6 Å². The first kappa shape index (κ1) is 13.2. The molecule has 1 fully saturated rings. The lowest BCUT2D eigenvalue weighted by Crippen LogP contribution is -2.26. The van der Waals surface area contributed by atoms with Gasteiger partial charge in [0.15, 0.2) is 0 Å². The molecule has 0 spiro atoms. The van der Waals surface area contributed by atoms with E-state index in [0.29, 0.717) is 11.5 Å². The number of aromatic nitrogens is 4. The molecule has 1 heterocycles. The summed E-state index contributed by atoms with van der Waals surface area (Å²) in [5.74, 6) is 0. The number of nitrogens with zero attached hydrogens (tertiary/aromatic N) is 4. The van der Waals surface area contributed by atoms with Crippen molar-refractivity contribution < 1.29 is 0 Å². The van der Waals surface area contributed by atoms with Gasteiger partial charge in [0.2, 0.25) is 0 Å². The summed E-state index contributed by atoms with van der Waals surface area (Å²) in [6.07, 6.45) is 5.63. The maximum absolute atomic E-state index is 3.93. The van der Waals surface area contributed by atoms with E-state index in [4.69, 9.17) is 0 Å². The van der Waals surface area contributed by atoms with Crippen LogP contribution in [0.5, 0.6) is 0 Å². The van der Waals surface area contributed by atoms with Gasteiger partial charge in [-0.25, -0.2) is 4.68 Å². The Hall–Kier alpha value is -1.75. The van der Waals surface area contributed by atoms with Gasteiger partial charge in [0.1, 0.15) is 6.33 Å². The average Bonchev–Trinajstić information content (AvgIpc) is 3.07. The van der Waals surface area contributed by atoms with E-state index in [0.717, 1.165) is 12.2 Å². The largest absolute Gasteiger partial charge is 0.310 e. The maximum Gasteiger partial charge on any atom is 0.143 e. The van der Waals surface area contributed by atoms with Crippen LogP contribution in [0.3, 0.4) is 0 Å². The van der Waals surface area contributed by atoms with Gasteiger partial charge < -0.3 is 5.32 Å². The van der Waals surface area contributed by atoms with Gasteiger partial charge in [0.25, 0.3) is 0 Å². The molecule has 106 valence electrons. The van der Waals surface area contributed by atoms with Crippen LogP contribution in [0, 0.1) is 5.41 Å². The van der Waals surface area contributed by atoms with Crippen molar-refractivity contribution in [2.24, 2.45) is 5.41 Å². The Morgan fingerprint density at radius 3 is 2.90 bits per heavy atom. The normalized spacial score (nSPS) is 17.9. The SMILES string of the molecule is CCC1(CNC(C)c2cccc(-n3cnnn3)c2)CC1. The predicted octanol–water partition coefficient (Wildman–Crippen LogP) is 2.50. The van der Waals surface area contributed by atoms with Crippen molar-refractivity contribution in [3.63, 3.8) is 0 Å². The van der Waals surface area contributed by atoms with Crippen LogP contribution in [0.25, 0.3) is 5.69 Å². The van der Waals surface area contributed by atoms with E-state index >= 15 is 0 Å². The number of nitrogens with one attached hydrogen (secondary N) is 1. The standard InChI is InChI=1S/C15H21N5/c1-3-15(7-8-15)10-16-12(2)13-5-4-6-14(9-13)20-11-17-18-19-20/h4-6,9,11-12,16H,3,7-8,10H2,1-2H3. The minimum Gasteiger partial charge on any atom is -0.310 e. The molecular formula is C15H21N5. The highest BCUT2D eigenvalue weighted by Gasteiger charge is 2.40. The molecule has 0 saturated heterocycles. The number of tetrazole rings is 1. The van der Waals surface area contributed by atoms with E-state index in [-0.39, 0.29) is 0 Å². The summed E-state index contributed by atoms with van der Waals surface area (Å²) >= 11 is 0. The van der Waals surface area contributed by atoms with Gasteiger partial charge in [-0.3, -0.25) is 0 Å². The minimum absolute atomic E-state index is 0.343. The summed E-state index contributed by atoms with van der Waals surface area (Å²) in [5.41, 5.74) is 2.84. The lowest BCUT2D eigenvalue weighted by atomic mass is 10.0. The molecule has 2 aromatic rings. The highest BCUT2D eigenvalue weighted by Crippen LogP contribution is 2.48. The summed E-state index contributed by atoms with van der Waals surface area (Å²) in [5, 5.41) is 15.0. The molecular weight excluding hydrogens is 250 g/mol. The van der Waals surface area contributed by atoms with Crippen molar-refractivity contribution in [3.05, 3.63) is 36.2 Å². The molecule has 0 aliphatic heterocycles. The van der Waals surface area contributed by atoms with Crippen LogP contribution >= 0.6 is 0 Å². The number of hydrogen-bond donors (Lipinski definition) is 1. The Kier molecular flexibility index (Phi) is 3.53. The molecule has 5 heteroatoms. The highest BCUT2D eigenvalue weighted by atomic mass is 15.5. The second kappa shape index (κ2) is 5.32. The average molecular weight is 271 g/mol. The quantitative estimate of drug-likeness (QED) is 0.877. The number of rotatable bonds is 6. The van der Waals surface area contributed by atoms with Crippen LogP contribution in [0.15, 0.2) is 30.6 Å². The van der Waals surface area contributed by atoms with Crippen molar-refractivity contribution in [2.45, 2.75) is 39.2 Å². The maximum atomic E-state index is 3.93. The van der Waals surface area contributed by atoms with Crippen LogP contribution in [0.2, 0.25) is 0 Å². The van der Waals surface area contributed by atoms with Gasteiger partial charge in [0.05, 0.1) is 5.69 Å². The van der Waals surface area contributed by atoms with Crippen LogP contribution in [-0.2, 0) is 0 Å². The number of hydrogen-bond acceptors (Lipinski definition) is 4. The van der Waals surface area contributed by atoms with E-state index in [2.05, 4.69) is 52.9 Å². The van der Waals surface area contributed by atoms with Gasteiger partial charge in [0, 0.05) is 12.6 Å². The van der Waals surface area contributed by atoms with Crippen LogP contribution in [0.1, 0.15) is 44.7 Å². The fourth-order valence-electron chi connectivity index (χ4n) is 2.54. The Labute approximate surface area is 119 Å². The third-order valence-electron chi connectivity index (χ3n) is 4.47. The first-order valence-corrected chi connectivity index (χ1v) is 7.29. The predicted molar refractivity (Wildman–Crippen MR) is 77.5 cm³/mol. The zero-order valence-electron chi connectivity index (χ0n) is 12.1. The molecule has 1 aliphatic rings. The molecule has 0 bridgehead atoms. The van der Waals surface area contributed by atoms with Gasteiger partial charge in [-0.05, 0) is 59.7 Å². The molecule has 1 saturated carbocycles. The molecule has 1 unspecified atom stereocenters. The van der Waals surface area contributed by atoms with Crippen molar-refractivity contribution in [3.8, 4) is 5.69 Å². The molecule has 1 N–H and O–H groups in total. The molecule has 1 atom stereocenters. The third-order valence-corrected chi connectivity index (χ3v) is 4.47. The zero-order valence-corrected chi connectivity index (χ0v) is 12.1. The monoisotopic (exact) mass is 271 g/mol. The third kappa shape index (κ3) is 2.72. The molecule has 1 aliphatic carbocycles. The van der Waals surface area contributed by atoms with Gasteiger partial charge >= 0.3 is 0 Å². The number of benzene rings is 1. The fraction of sp³-hybridized carbons (Fsp3) is 0.533. The Bertz CT molecular complexity index is 559. The second-order valence-corrected chi connectivity index (χ2v) is 5.81. The van der Waals surface area contributed by atoms with Gasteiger partial charge in [-0.1, -0.05) is 19.1 Å². The van der Waals surface area contributed by atoms with E-state index in [1.165, 1.54) is 24.8 Å². The summed E-state index contributed by atoms with van der Waals surface area (Å²) in [4.78, 5) is 0. The molecule has 5 nitrogen and oxygen atoms in total. The first-order chi connectivity index (χ1) is 9.72. The minimum atomic E-state index is 0.343. The fourth-order valence-corrected chi connectivity index (χ4v) is 2.54. The summed E-state index contributed by atoms with van der Waals surface area (Å²) in [7, 11) is 0. The van der Waals surface area contributed by atoms with Crippen molar-refractivity contribution in [1.82, 2.24) is 25.5 Å². The zero-order chi connectivity index (χ0) is 14.0. The van der Waals surface area contributed by atoms with Crippen LogP contribution < -0.4 is 5.32 Å². The van der Waals surface area contributed by atoms with E-state index in [1.807, 2.05) is 6.07 Å². The van der Waals surface area contributed by atoms with E-state index in [1.54, 1.807) is 11.0 Å². The van der Waals surface area contributed by atoms with E-state index < -0.39 is 0 Å². The van der Waals surface area contributed by atoms with Gasteiger partial charge in [-0.15, -0.1) is 5.10 Å². The summed E-state index contributed by atoms with van der Waals surface area (Å²) in [6.45, 7) is 5.61. The summed E-state index contributed by atoms with van der Waals surface area (Å²) in [6, 6.07) is 8.70. The van der Waals surface area contributed by atoms with Crippen molar-refractivity contribution >= 4 is 0 Å². The molecule has 20 heavy (non-hydrogen) atoms. The van der Waals surface area contributed by atoms with Crippen molar-refractivity contribution in [1.29, 1.82) is 0 Å². The summed E-state index contributed by atoms with van der Waals surface area (Å²) < 4.78 is 1.69. The molecule has 0 radical (unpaired) electrons. The molecule has 1 aromatic carbocycles. The lowest BCUT2D eigenvalue weighted by molar-refractivity contribution is 0.415. The van der Waals surface area contributed by atoms with Crippen LogP contribution in [-0.4, -0.2) is 26.8 Å². The Morgan fingerprint density at radius 2 is 2.25 bits per heavy atom. The first-order valence-electron chi connectivity index (χ1n) is 7.29. The van der Waals surface area contributed by atoms with Crippen LogP contribution in [0.4, 0.5) is 0 Å². The van der Waals surface area contributed by atoms with E-state index in [9.17, 15) is 0 Å².